The Bertz CT molecular complexity index is 602. The summed E-state index contributed by atoms with van der Waals surface area (Å²) in [6, 6.07) is 8.35. The Balaban J connectivity index is 2.14. The Kier molecular flexibility index (Phi) is 4.92. The standard InChI is InChI=1S/C15H20FN5/c1-3-7-18-13-9-14(20-15(17)19-13)21(2)10-11-5-4-6-12(16)8-11/h4-6,8-9H,3,7,10H2,1-2H3,(H3,17,18,19,20). The Morgan fingerprint density at radius 1 is 1.29 bits per heavy atom. The molecule has 6 heteroatoms. The van der Waals surface area contributed by atoms with E-state index >= 15 is 0 Å². The second-order valence-electron chi connectivity index (χ2n) is 4.88. The average molecular weight is 289 g/mol. The number of hydrogen-bond acceptors (Lipinski definition) is 5. The van der Waals surface area contributed by atoms with Gasteiger partial charge in [0.15, 0.2) is 0 Å². The fraction of sp³-hybridized carbons (Fsp3) is 0.333. The second kappa shape index (κ2) is 6.88. The number of nitrogen functional groups attached to an aromatic ring is 1. The first-order valence-corrected chi connectivity index (χ1v) is 6.92. The number of aromatic nitrogens is 2. The fourth-order valence-corrected chi connectivity index (χ4v) is 1.98. The van der Waals surface area contributed by atoms with Crippen molar-refractivity contribution >= 4 is 17.6 Å². The second-order valence-corrected chi connectivity index (χ2v) is 4.88. The van der Waals surface area contributed by atoms with Crippen LogP contribution in [0.5, 0.6) is 0 Å². The summed E-state index contributed by atoms with van der Waals surface area (Å²) in [6.07, 6.45) is 0.998. The first-order valence-electron chi connectivity index (χ1n) is 6.92. The van der Waals surface area contributed by atoms with Crippen LogP contribution in [0.2, 0.25) is 0 Å². The predicted molar refractivity (Wildman–Crippen MR) is 83.7 cm³/mol. The molecule has 0 amide bonds. The van der Waals surface area contributed by atoms with Crippen LogP contribution in [-0.4, -0.2) is 23.6 Å². The molecule has 0 spiro atoms. The van der Waals surface area contributed by atoms with Crippen molar-refractivity contribution in [1.82, 2.24) is 9.97 Å². The molecule has 5 nitrogen and oxygen atoms in total. The Labute approximate surface area is 124 Å². The van der Waals surface area contributed by atoms with Crippen LogP contribution in [0.25, 0.3) is 0 Å². The van der Waals surface area contributed by atoms with Crippen molar-refractivity contribution in [3.8, 4) is 0 Å². The smallest absolute Gasteiger partial charge is 0.223 e. The third-order valence-corrected chi connectivity index (χ3v) is 2.99. The molecular formula is C15H20FN5. The molecule has 0 aliphatic heterocycles. The highest BCUT2D eigenvalue weighted by Gasteiger charge is 2.08. The maximum Gasteiger partial charge on any atom is 0.223 e. The van der Waals surface area contributed by atoms with Crippen molar-refractivity contribution in [3.63, 3.8) is 0 Å². The van der Waals surface area contributed by atoms with Gasteiger partial charge in [-0.15, -0.1) is 0 Å². The minimum absolute atomic E-state index is 0.220. The van der Waals surface area contributed by atoms with E-state index in [1.54, 1.807) is 6.07 Å². The lowest BCUT2D eigenvalue weighted by molar-refractivity contribution is 0.625. The monoisotopic (exact) mass is 289 g/mol. The minimum atomic E-state index is -0.242. The number of nitrogens with zero attached hydrogens (tertiary/aromatic N) is 3. The fourth-order valence-electron chi connectivity index (χ4n) is 1.98. The molecular weight excluding hydrogens is 269 g/mol. The van der Waals surface area contributed by atoms with E-state index in [9.17, 15) is 4.39 Å². The van der Waals surface area contributed by atoms with E-state index in [1.165, 1.54) is 12.1 Å². The number of anilines is 3. The van der Waals surface area contributed by atoms with Crippen LogP contribution in [0.1, 0.15) is 18.9 Å². The molecule has 21 heavy (non-hydrogen) atoms. The first kappa shape index (κ1) is 15.0. The number of nitrogens with one attached hydrogen (secondary N) is 1. The van der Waals surface area contributed by atoms with Crippen molar-refractivity contribution in [2.24, 2.45) is 0 Å². The molecule has 0 aliphatic rings. The van der Waals surface area contributed by atoms with Crippen LogP contribution in [0.3, 0.4) is 0 Å². The summed E-state index contributed by atoms with van der Waals surface area (Å²) in [7, 11) is 1.89. The highest BCUT2D eigenvalue weighted by molar-refractivity contribution is 5.52. The molecule has 0 unspecified atom stereocenters. The molecule has 0 fully saturated rings. The molecule has 0 aliphatic carbocycles. The molecule has 2 aromatic rings. The van der Waals surface area contributed by atoms with E-state index in [0.717, 1.165) is 18.5 Å². The van der Waals surface area contributed by atoms with E-state index in [1.807, 2.05) is 24.1 Å². The van der Waals surface area contributed by atoms with E-state index in [0.29, 0.717) is 18.2 Å². The largest absolute Gasteiger partial charge is 0.370 e. The van der Waals surface area contributed by atoms with Gasteiger partial charge in [-0.05, 0) is 24.1 Å². The number of hydrogen-bond donors (Lipinski definition) is 2. The lowest BCUT2D eigenvalue weighted by Crippen LogP contribution is -2.19. The summed E-state index contributed by atoms with van der Waals surface area (Å²) in [5.74, 6) is 1.38. The summed E-state index contributed by atoms with van der Waals surface area (Å²) in [5, 5.41) is 3.19. The average Bonchev–Trinajstić information content (AvgIpc) is 2.44. The van der Waals surface area contributed by atoms with Crippen LogP contribution < -0.4 is 16.0 Å². The van der Waals surface area contributed by atoms with Crippen LogP contribution in [0, 0.1) is 5.82 Å². The zero-order valence-electron chi connectivity index (χ0n) is 12.3. The van der Waals surface area contributed by atoms with Gasteiger partial charge < -0.3 is 16.0 Å². The molecule has 0 radical (unpaired) electrons. The number of rotatable bonds is 6. The van der Waals surface area contributed by atoms with Gasteiger partial charge in [-0.1, -0.05) is 19.1 Å². The van der Waals surface area contributed by atoms with E-state index in [2.05, 4.69) is 22.2 Å². The highest BCUT2D eigenvalue weighted by Crippen LogP contribution is 2.18. The van der Waals surface area contributed by atoms with Gasteiger partial charge in [-0.3, -0.25) is 0 Å². The van der Waals surface area contributed by atoms with Crippen molar-refractivity contribution in [3.05, 3.63) is 41.7 Å². The predicted octanol–water partition coefficient (Wildman–Crippen LogP) is 2.66. The number of benzene rings is 1. The summed E-state index contributed by atoms with van der Waals surface area (Å²) in [4.78, 5) is 10.3. The molecule has 0 bridgehead atoms. The molecule has 112 valence electrons. The molecule has 1 aromatic heterocycles. The summed E-state index contributed by atoms with van der Waals surface area (Å²) >= 11 is 0. The van der Waals surface area contributed by atoms with Gasteiger partial charge in [0, 0.05) is 26.2 Å². The molecule has 0 saturated carbocycles. The maximum atomic E-state index is 13.2. The number of halogens is 1. The normalized spacial score (nSPS) is 10.4. The molecule has 3 N–H and O–H groups in total. The van der Waals surface area contributed by atoms with Crippen molar-refractivity contribution < 1.29 is 4.39 Å². The van der Waals surface area contributed by atoms with Gasteiger partial charge in [-0.2, -0.15) is 9.97 Å². The topological polar surface area (TPSA) is 67.1 Å². The zero-order valence-corrected chi connectivity index (χ0v) is 12.3. The van der Waals surface area contributed by atoms with Crippen molar-refractivity contribution in [2.75, 3.05) is 29.5 Å². The zero-order chi connectivity index (χ0) is 15.2. The van der Waals surface area contributed by atoms with Gasteiger partial charge >= 0.3 is 0 Å². The van der Waals surface area contributed by atoms with Crippen LogP contribution >= 0.6 is 0 Å². The summed E-state index contributed by atoms with van der Waals surface area (Å²) < 4.78 is 13.2. The quantitative estimate of drug-likeness (QED) is 0.855. The first-order chi connectivity index (χ1) is 10.1. The van der Waals surface area contributed by atoms with Crippen LogP contribution in [-0.2, 0) is 6.54 Å². The van der Waals surface area contributed by atoms with Crippen LogP contribution in [0.4, 0.5) is 22.0 Å². The third kappa shape index (κ3) is 4.30. The van der Waals surface area contributed by atoms with Gasteiger partial charge in [-0.25, -0.2) is 4.39 Å². The maximum absolute atomic E-state index is 13.2. The Morgan fingerprint density at radius 3 is 2.81 bits per heavy atom. The van der Waals surface area contributed by atoms with Gasteiger partial charge in [0.2, 0.25) is 5.95 Å². The highest BCUT2D eigenvalue weighted by atomic mass is 19.1. The molecule has 0 saturated heterocycles. The Morgan fingerprint density at radius 2 is 2.10 bits per heavy atom. The van der Waals surface area contributed by atoms with E-state index < -0.39 is 0 Å². The molecule has 1 aromatic carbocycles. The van der Waals surface area contributed by atoms with Gasteiger partial charge in [0.25, 0.3) is 0 Å². The third-order valence-electron chi connectivity index (χ3n) is 2.99. The van der Waals surface area contributed by atoms with E-state index in [-0.39, 0.29) is 11.8 Å². The molecule has 1 heterocycles. The molecule has 2 rings (SSSR count). The summed E-state index contributed by atoms with van der Waals surface area (Å²) in [6.45, 7) is 3.44. The minimum Gasteiger partial charge on any atom is -0.370 e. The SMILES string of the molecule is CCCNc1cc(N(C)Cc2cccc(F)c2)nc(N)n1. The van der Waals surface area contributed by atoms with E-state index in [4.69, 9.17) is 5.73 Å². The molecule has 0 atom stereocenters. The van der Waals surface area contributed by atoms with Gasteiger partial charge in [0.05, 0.1) is 0 Å². The van der Waals surface area contributed by atoms with Gasteiger partial charge in [0.1, 0.15) is 17.5 Å². The summed E-state index contributed by atoms with van der Waals surface area (Å²) in [5.41, 5.74) is 6.61. The number of nitrogens with two attached hydrogens (primary N) is 1. The van der Waals surface area contributed by atoms with Crippen molar-refractivity contribution in [2.45, 2.75) is 19.9 Å². The Hall–Kier alpha value is -2.37. The van der Waals surface area contributed by atoms with Crippen LogP contribution in [0.15, 0.2) is 30.3 Å². The lowest BCUT2D eigenvalue weighted by atomic mass is 10.2. The lowest BCUT2D eigenvalue weighted by Gasteiger charge is -2.19. The van der Waals surface area contributed by atoms with Crippen molar-refractivity contribution in [1.29, 1.82) is 0 Å².